The molecule has 2 heterocycles. The molecule has 2 aromatic heterocycles. The third-order valence-corrected chi connectivity index (χ3v) is 1.89. The van der Waals surface area contributed by atoms with Crippen molar-refractivity contribution in [1.82, 2.24) is 14.8 Å². The van der Waals surface area contributed by atoms with E-state index in [2.05, 4.69) is 10.1 Å². The van der Waals surface area contributed by atoms with Crippen LogP contribution in [0, 0.1) is 6.92 Å². The van der Waals surface area contributed by atoms with Crippen molar-refractivity contribution in [2.24, 2.45) is 7.05 Å². The van der Waals surface area contributed by atoms with Gasteiger partial charge in [-0.25, -0.2) is 4.98 Å². The van der Waals surface area contributed by atoms with Crippen LogP contribution in [0.4, 0.5) is 6.01 Å². The van der Waals surface area contributed by atoms with E-state index in [4.69, 9.17) is 10.2 Å². The fraction of sp³-hybridized carbons (Fsp3) is 0.250. The van der Waals surface area contributed by atoms with Gasteiger partial charge in [0.25, 0.3) is 6.01 Å². The predicted octanol–water partition coefficient (Wildman–Crippen LogP) is 0.966. The fourth-order valence-corrected chi connectivity index (χ4v) is 1.09. The highest BCUT2D eigenvalue weighted by Crippen LogP contribution is 2.19. The number of nitrogen functional groups attached to an aromatic ring is 1. The lowest BCUT2D eigenvalue weighted by atomic mass is 10.3. The lowest BCUT2D eigenvalue weighted by Gasteiger charge is -1.88. The van der Waals surface area contributed by atoms with E-state index in [1.165, 1.54) is 0 Å². The van der Waals surface area contributed by atoms with Crippen LogP contribution in [0.15, 0.2) is 16.7 Å². The van der Waals surface area contributed by atoms with E-state index in [0.29, 0.717) is 5.76 Å². The molecular formula is C8H10N4O. The highest BCUT2D eigenvalue weighted by Gasteiger charge is 2.08. The Bertz CT molecular complexity index is 410. The molecular weight excluding hydrogens is 168 g/mol. The zero-order valence-corrected chi connectivity index (χ0v) is 7.48. The molecule has 68 valence electrons. The minimum Gasteiger partial charge on any atom is -0.422 e. The molecule has 0 aromatic carbocycles. The second-order valence-electron chi connectivity index (χ2n) is 2.86. The zero-order chi connectivity index (χ0) is 9.42. The van der Waals surface area contributed by atoms with Gasteiger partial charge in [-0.05, 0) is 13.0 Å². The molecule has 0 spiro atoms. The van der Waals surface area contributed by atoms with Gasteiger partial charge in [0.1, 0.15) is 5.69 Å². The first-order valence-electron chi connectivity index (χ1n) is 3.89. The molecule has 13 heavy (non-hydrogen) atoms. The molecule has 0 amide bonds. The van der Waals surface area contributed by atoms with Crippen LogP contribution in [-0.4, -0.2) is 14.8 Å². The summed E-state index contributed by atoms with van der Waals surface area (Å²) in [5, 5.41) is 4.22. The molecule has 2 rings (SSSR count). The molecule has 0 radical (unpaired) electrons. The molecule has 0 aliphatic heterocycles. The number of hydrogen-bond donors (Lipinski definition) is 1. The number of nitrogens with two attached hydrogens (primary N) is 1. The van der Waals surface area contributed by atoms with Gasteiger partial charge < -0.3 is 10.2 Å². The Hall–Kier alpha value is -1.78. The van der Waals surface area contributed by atoms with Gasteiger partial charge in [-0.2, -0.15) is 5.10 Å². The van der Waals surface area contributed by atoms with Crippen molar-refractivity contribution in [3.63, 3.8) is 0 Å². The number of anilines is 1. The number of oxazole rings is 1. The van der Waals surface area contributed by atoms with Crippen LogP contribution in [0.3, 0.4) is 0 Å². The van der Waals surface area contributed by atoms with Crippen LogP contribution in [0.5, 0.6) is 0 Å². The molecule has 0 aliphatic rings. The molecule has 5 heteroatoms. The molecule has 2 N–H and O–H groups in total. The molecule has 2 aromatic rings. The Morgan fingerprint density at radius 3 is 2.77 bits per heavy atom. The van der Waals surface area contributed by atoms with Crippen LogP contribution in [0.25, 0.3) is 11.5 Å². The van der Waals surface area contributed by atoms with Gasteiger partial charge in [-0.3, -0.25) is 4.68 Å². The maximum Gasteiger partial charge on any atom is 0.292 e. The summed E-state index contributed by atoms with van der Waals surface area (Å²) >= 11 is 0. The minimum absolute atomic E-state index is 0.165. The molecule has 0 saturated heterocycles. The number of aryl methyl sites for hydroxylation is 2. The zero-order valence-electron chi connectivity index (χ0n) is 7.48. The predicted molar refractivity (Wildman–Crippen MR) is 47.9 cm³/mol. The Morgan fingerprint density at radius 2 is 2.31 bits per heavy atom. The van der Waals surface area contributed by atoms with Crippen molar-refractivity contribution in [3.8, 4) is 11.5 Å². The van der Waals surface area contributed by atoms with E-state index < -0.39 is 0 Å². The largest absolute Gasteiger partial charge is 0.422 e. The van der Waals surface area contributed by atoms with E-state index in [0.717, 1.165) is 11.4 Å². The number of rotatable bonds is 1. The van der Waals surface area contributed by atoms with Gasteiger partial charge in [-0.1, -0.05) is 0 Å². The van der Waals surface area contributed by atoms with Gasteiger partial charge in [0, 0.05) is 12.7 Å². The second-order valence-corrected chi connectivity index (χ2v) is 2.86. The minimum atomic E-state index is 0.165. The summed E-state index contributed by atoms with van der Waals surface area (Å²) in [5.41, 5.74) is 7.16. The normalized spacial score (nSPS) is 10.6. The van der Waals surface area contributed by atoms with Crippen molar-refractivity contribution in [2.45, 2.75) is 6.92 Å². The first-order valence-corrected chi connectivity index (χ1v) is 3.89. The van der Waals surface area contributed by atoms with Crippen molar-refractivity contribution >= 4 is 6.01 Å². The van der Waals surface area contributed by atoms with Crippen molar-refractivity contribution in [1.29, 1.82) is 0 Å². The second kappa shape index (κ2) is 2.62. The molecule has 0 unspecified atom stereocenters. The van der Waals surface area contributed by atoms with Crippen LogP contribution >= 0.6 is 0 Å². The van der Waals surface area contributed by atoms with E-state index in [1.807, 2.05) is 20.0 Å². The number of hydrogen-bond acceptors (Lipinski definition) is 4. The Labute approximate surface area is 75.2 Å². The molecule has 0 bridgehead atoms. The van der Waals surface area contributed by atoms with Gasteiger partial charge in [0.05, 0.1) is 6.20 Å². The first-order chi connectivity index (χ1) is 6.16. The summed E-state index contributed by atoms with van der Waals surface area (Å²) in [5.74, 6) is 0.598. The van der Waals surface area contributed by atoms with Crippen LogP contribution in [0.1, 0.15) is 5.69 Å². The van der Waals surface area contributed by atoms with E-state index in [1.54, 1.807) is 10.9 Å². The summed E-state index contributed by atoms with van der Waals surface area (Å²) in [7, 11) is 1.87. The van der Waals surface area contributed by atoms with E-state index >= 15 is 0 Å². The molecule has 5 nitrogen and oxygen atoms in total. The summed E-state index contributed by atoms with van der Waals surface area (Å²) in [6, 6.07) is 2.08. The van der Waals surface area contributed by atoms with Crippen molar-refractivity contribution in [3.05, 3.63) is 18.0 Å². The quantitative estimate of drug-likeness (QED) is 0.706. The Morgan fingerprint density at radius 1 is 1.54 bits per heavy atom. The maximum absolute atomic E-state index is 5.35. The summed E-state index contributed by atoms with van der Waals surface area (Å²) in [6.45, 7) is 1.97. The van der Waals surface area contributed by atoms with Crippen LogP contribution < -0.4 is 5.73 Å². The highest BCUT2D eigenvalue weighted by molar-refractivity contribution is 5.52. The van der Waals surface area contributed by atoms with Crippen molar-refractivity contribution in [2.75, 3.05) is 5.73 Å². The third-order valence-electron chi connectivity index (χ3n) is 1.89. The number of nitrogens with zero attached hydrogens (tertiary/aromatic N) is 3. The first kappa shape index (κ1) is 7.85. The monoisotopic (exact) mass is 178 g/mol. The summed E-state index contributed by atoms with van der Waals surface area (Å²) < 4.78 is 6.90. The van der Waals surface area contributed by atoms with Gasteiger partial charge in [0.2, 0.25) is 0 Å². The lowest BCUT2D eigenvalue weighted by Crippen LogP contribution is -1.91. The third kappa shape index (κ3) is 1.28. The molecule has 0 atom stereocenters. The summed E-state index contributed by atoms with van der Waals surface area (Å²) in [6.07, 6.45) is 1.57. The van der Waals surface area contributed by atoms with E-state index in [9.17, 15) is 0 Å². The smallest absolute Gasteiger partial charge is 0.292 e. The van der Waals surface area contributed by atoms with Crippen molar-refractivity contribution < 1.29 is 4.42 Å². The number of aromatic nitrogens is 3. The Kier molecular flexibility index (Phi) is 1.58. The molecule has 0 fully saturated rings. The topological polar surface area (TPSA) is 69.9 Å². The standard InChI is InChI=1S/C8H10N4O/c1-5-3-6(11-12(5)2)7-4-10-8(9)13-7/h3-4H,1-2H3,(H2,9,10). The molecule has 0 saturated carbocycles. The fourth-order valence-electron chi connectivity index (χ4n) is 1.09. The average molecular weight is 178 g/mol. The summed E-state index contributed by atoms with van der Waals surface area (Å²) in [4.78, 5) is 3.79. The van der Waals surface area contributed by atoms with Gasteiger partial charge in [-0.15, -0.1) is 0 Å². The highest BCUT2D eigenvalue weighted by atomic mass is 16.4. The molecule has 0 aliphatic carbocycles. The Balaban J connectivity index is 2.46. The van der Waals surface area contributed by atoms with Crippen LogP contribution in [0.2, 0.25) is 0 Å². The maximum atomic E-state index is 5.35. The van der Waals surface area contributed by atoms with E-state index in [-0.39, 0.29) is 6.01 Å². The van der Waals surface area contributed by atoms with Crippen LogP contribution in [-0.2, 0) is 7.05 Å². The van der Waals surface area contributed by atoms with Gasteiger partial charge in [0.15, 0.2) is 5.76 Å². The van der Waals surface area contributed by atoms with Gasteiger partial charge >= 0.3 is 0 Å². The lowest BCUT2D eigenvalue weighted by molar-refractivity contribution is 0.590. The SMILES string of the molecule is Cc1cc(-c2cnc(N)o2)nn1C. The average Bonchev–Trinajstić information content (AvgIpc) is 2.61.